The second kappa shape index (κ2) is 6.42. The predicted molar refractivity (Wildman–Crippen MR) is 81.2 cm³/mol. The summed E-state index contributed by atoms with van der Waals surface area (Å²) in [5, 5.41) is 0. The van der Waals surface area contributed by atoms with Crippen LogP contribution in [-0.2, 0) is 14.8 Å². The van der Waals surface area contributed by atoms with E-state index in [9.17, 15) is 13.2 Å². The lowest BCUT2D eigenvalue weighted by molar-refractivity contribution is -0.120. The van der Waals surface area contributed by atoms with Crippen molar-refractivity contribution in [2.24, 2.45) is 0 Å². The van der Waals surface area contributed by atoms with Gasteiger partial charge >= 0.3 is 0 Å². The summed E-state index contributed by atoms with van der Waals surface area (Å²) in [5.74, 6) is 2.62. The Balaban J connectivity index is 2.30. The first-order valence-corrected chi connectivity index (χ1v) is 8.43. The van der Waals surface area contributed by atoms with Gasteiger partial charge in [-0.3, -0.25) is 4.79 Å². The minimum atomic E-state index is -3.62. The smallest absolute Gasteiger partial charge is 0.244 e. The van der Waals surface area contributed by atoms with Gasteiger partial charge in [0.05, 0.1) is 11.4 Å². The molecule has 5 heteroatoms. The Kier molecular flexibility index (Phi) is 4.81. The van der Waals surface area contributed by atoms with Crippen LogP contribution in [0.5, 0.6) is 0 Å². The number of ketones is 1. The summed E-state index contributed by atoms with van der Waals surface area (Å²) in [7, 11) is -3.62. The second-order valence-corrected chi connectivity index (χ2v) is 7.23. The van der Waals surface area contributed by atoms with Crippen molar-refractivity contribution >= 4 is 15.8 Å². The number of Topliss-reactive ketones (excluding diaryl/α,β-unsaturated/α-hetero) is 1. The molecule has 2 rings (SSSR count). The lowest BCUT2D eigenvalue weighted by Gasteiger charge is -2.31. The molecule has 0 heterocycles. The Labute approximate surface area is 126 Å². The highest BCUT2D eigenvalue weighted by atomic mass is 32.2. The lowest BCUT2D eigenvalue weighted by atomic mass is 9.94. The molecular weight excluding hydrogens is 286 g/mol. The molecule has 1 aliphatic carbocycles. The molecule has 1 fully saturated rings. The highest BCUT2D eigenvalue weighted by molar-refractivity contribution is 7.89. The number of carbonyl (C=O) groups is 1. The van der Waals surface area contributed by atoms with Crippen LogP contribution >= 0.6 is 0 Å². The molecule has 0 aliphatic heterocycles. The molecule has 0 aromatic heterocycles. The third-order valence-corrected chi connectivity index (χ3v) is 5.71. The molecule has 0 N–H and O–H groups in total. The van der Waals surface area contributed by atoms with Crippen LogP contribution < -0.4 is 0 Å². The van der Waals surface area contributed by atoms with Gasteiger partial charge in [-0.15, -0.1) is 6.42 Å². The van der Waals surface area contributed by atoms with Gasteiger partial charge in [-0.25, -0.2) is 8.42 Å². The van der Waals surface area contributed by atoms with Crippen LogP contribution in [0.1, 0.15) is 31.2 Å². The second-order valence-electron chi connectivity index (χ2n) is 5.34. The van der Waals surface area contributed by atoms with Crippen LogP contribution in [0, 0.1) is 19.3 Å². The molecule has 0 amide bonds. The Bertz CT molecular complexity index is 646. The molecule has 1 aliphatic rings. The molecule has 0 radical (unpaired) electrons. The maximum Gasteiger partial charge on any atom is 0.244 e. The summed E-state index contributed by atoms with van der Waals surface area (Å²) in [6, 6.07) is 6.55. The van der Waals surface area contributed by atoms with Crippen molar-refractivity contribution in [3.63, 3.8) is 0 Å². The fourth-order valence-electron chi connectivity index (χ4n) is 2.56. The molecule has 1 aromatic rings. The van der Waals surface area contributed by atoms with Gasteiger partial charge in [0.25, 0.3) is 0 Å². The molecule has 0 bridgehead atoms. The zero-order chi connectivity index (χ0) is 15.5. The standard InChI is InChI=1S/C16H19NO3S/c1-3-12-17(14-6-8-15(18)9-7-14)21(19,20)16-10-4-13(2)5-11-16/h1,4-5,10-11,14H,6-9,12H2,2H3. The van der Waals surface area contributed by atoms with E-state index in [1.807, 2.05) is 6.92 Å². The summed E-state index contributed by atoms with van der Waals surface area (Å²) in [6.45, 7) is 1.94. The highest BCUT2D eigenvalue weighted by Gasteiger charge is 2.33. The molecule has 0 atom stereocenters. The third kappa shape index (κ3) is 3.52. The molecule has 0 spiro atoms. The Morgan fingerprint density at radius 1 is 1.24 bits per heavy atom. The zero-order valence-corrected chi connectivity index (χ0v) is 12.9. The summed E-state index contributed by atoms with van der Waals surface area (Å²) < 4.78 is 26.9. The number of terminal acetylenes is 1. The van der Waals surface area contributed by atoms with Crippen molar-refractivity contribution in [3.8, 4) is 12.3 Å². The number of aryl methyl sites for hydroxylation is 1. The average Bonchev–Trinajstić information content (AvgIpc) is 2.46. The van der Waals surface area contributed by atoms with Crippen LogP contribution in [0.2, 0.25) is 0 Å². The van der Waals surface area contributed by atoms with Gasteiger partial charge in [0.15, 0.2) is 0 Å². The molecule has 21 heavy (non-hydrogen) atoms. The Morgan fingerprint density at radius 2 is 1.81 bits per heavy atom. The van der Waals surface area contributed by atoms with Crippen LogP contribution in [0.3, 0.4) is 0 Å². The molecular formula is C16H19NO3S. The van der Waals surface area contributed by atoms with Crippen LogP contribution in [-0.4, -0.2) is 31.1 Å². The minimum absolute atomic E-state index is 0.0368. The van der Waals surface area contributed by atoms with Crippen molar-refractivity contribution < 1.29 is 13.2 Å². The van der Waals surface area contributed by atoms with Crippen LogP contribution in [0.15, 0.2) is 29.2 Å². The first kappa shape index (κ1) is 15.7. The molecule has 0 unspecified atom stereocenters. The van der Waals surface area contributed by atoms with Gasteiger partial charge in [-0.05, 0) is 31.9 Å². The SMILES string of the molecule is C#CCN(C1CCC(=O)CC1)S(=O)(=O)c1ccc(C)cc1. The maximum absolute atomic E-state index is 12.8. The van der Waals surface area contributed by atoms with Crippen molar-refractivity contribution in [3.05, 3.63) is 29.8 Å². The summed E-state index contributed by atoms with van der Waals surface area (Å²) in [6.07, 6.45) is 7.29. The van der Waals surface area contributed by atoms with Gasteiger partial charge in [0.2, 0.25) is 10.0 Å². The fourth-order valence-corrected chi connectivity index (χ4v) is 4.16. The van der Waals surface area contributed by atoms with E-state index >= 15 is 0 Å². The van der Waals surface area contributed by atoms with Gasteiger partial charge in [-0.1, -0.05) is 23.6 Å². The molecule has 112 valence electrons. The van der Waals surface area contributed by atoms with E-state index in [4.69, 9.17) is 6.42 Å². The van der Waals surface area contributed by atoms with E-state index in [2.05, 4.69) is 5.92 Å². The first-order chi connectivity index (χ1) is 9.95. The number of nitrogens with zero attached hydrogens (tertiary/aromatic N) is 1. The van der Waals surface area contributed by atoms with Crippen molar-refractivity contribution in [1.82, 2.24) is 4.31 Å². The quantitative estimate of drug-likeness (QED) is 0.801. The Hall–Kier alpha value is -1.64. The number of carbonyl (C=O) groups excluding carboxylic acids is 1. The van der Waals surface area contributed by atoms with E-state index in [0.29, 0.717) is 25.7 Å². The summed E-state index contributed by atoms with van der Waals surface area (Å²) >= 11 is 0. The Morgan fingerprint density at radius 3 is 2.33 bits per heavy atom. The van der Waals surface area contributed by atoms with Crippen molar-refractivity contribution in [2.45, 2.75) is 43.5 Å². The van der Waals surface area contributed by atoms with Crippen molar-refractivity contribution in [2.75, 3.05) is 6.54 Å². The van der Waals surface area contributed by atoms with E-state index in [1.54, 1.807) is 24.3 Å². The first-order valence-electron chi connectivity index (χ1n) is 6.99. The topological polar surface area (TPSA) is 54.5 Å². The number of sulfonamides is 1. The normalized spacial score (nSPS) is 16.9. The van der Waals surface area contributed by atoms with Crippen molar-refractivity contribution in [1.29, 1.82) is 0 Å². The number of benzene rings is 1. The van der Waals surface area contributed by atoms with Gasteiger partial charge in [0.1, 0.15) is 5.78 Å². The number of rotatable bonds is 4. The lowest BCUT2D eigenvalue weighted by Crippen LogP contribution is -2.42. The predicted octanol–water partition coefficient (Wildman–Crippen LogP) is 2.13. The zero-order valence-electron chi connectivity index (χ0n) is 12.1. The van der Waals surface area contributed by atoms with E-state index in [-0.39, 0.29) is 23.3 Å². The largest absolute Gasteiger partial charge is 0.300 e. The summed E-state index contributed by atoms with van der Waals surface area (Å²) in [5.41, 5.74) is 1.00. The van der Waals surface area contributed by atoms with Crippen LogP contribution in [0.4, 0.5) is 0 Å². The number of hydrogen-bond acceptors (Lipinski definition) is 3. The van der Waals surface area contributed by atoms with E-state index < -0.39 is 10.0 Å². The molecule has 1 saturated carbocycles. The van der Waals surface area contributed by atoms with Gasteiger partial charge in [-0.2, -0.15) is 4.31 Å². The fraction of sp³-hybridized carbons (Fsp3) is 0.438. The monoisotopic (exact) mass is 305 g/mol. The maximum atomic E-state index is 12.8. The highest BCUT2D eigenvalue weighted by Crippen LogP contribution is 2.26. The number of hydrogen-bond donors (Lipinski definition) is 0. The van der Waals surface area contributed by atoms with Gasteiger partial charge < -0.3 is 0 Å². The van der Waals surface area contributed by atoms with Crippen LogP contribution in [0.25, 0.3) is 0 Å². The molecule has 4 nitrogen and oxygen atoms in total. The molecule has 1 aromatic carbocycles. The summed E-state index contributed by atoms with van der Waals surface area (Å²) in [4.78, 5) is 11.6. The van der Waals surface area contributed by atoms with Gasteiger partial charge in [0, 0.05) is 18.9 Å². The molecule has 0 saturated heterocycles. The average molecular weight is 305 g/mol. The third-order valence-electron chi connectivity index (χ3n) is 3.79. The van der Waals surface area contributed by atoms with E-state index in [0.717, 1.165) is 5.56 Å². The minimum Gasteiger partial charge on any atom is -0.300 e. The van der Waals surface area contributed by atoms with E-state index in [1.165, 1.54) is 4.31 Å².